The minimum atomic E-state index is -4.54. The summed E-state index contributed by atoms with van der Waals surface area (Å²) in [4.78, 5) is 13.2. The van der Waals surface area contributed by atoms with Gasteiger partial charge in [-0.1, -0.05) is 13.8 Å². The van der Waals surface area contributed by atoms with E-state index in [2.05, 4.69) is 13.8 Å². The van der Waals surface area contributed by atoms with Crippen molar-refractivity contribution in [2.75, 3.05) is 18.0 Å². The molecular weight excluding hydrogens is 283 g/mol. The number of hydrogen-bond donors (Lipinski definition) is 1. The Labute approximate surface area is 121 Å². The van der Waals surface area contributed by atoms with Gasteiger partial charge < -0.3 is 10.0 Å². The van der Waals surface area contributed by atoms with E-state index in [4.69, 9.17) is 0 Å². The van der Waals surface area contributed by atoms with Crippen LogP contribution < -0.4 is 4.90 Å². The molecule has 0 aliphatic carbocycles. The van der Waals surface area contributed by atoms with Crippen molar-refractivity contribution in [2.45, 2.75) is 26.4 Å². The van der Waals surface area contributed by atoms with Crippen LogP contribution in [0.25, 0.3) is 0 Å². The molecule has 1 aromatic carbocycles. The van der Waals surface area contributed by atoms with Crippen LogP contribution >= 0.6 is 0 Å². The zero-order chi connectivity index (χ0) is 15.8. The third-order valence-electron chi connectivity index (χ3n) is 4.23. The van der Waals surface area contributed by atoms with Gasteiger partial charge in [-0.05, 0) is 36.5 Å². The third-order valence-corrected chi connectivity index (χ3v) is 4.23. The number of carboxylic acid groups (broad SMARTS) is 1. The van der Waals surface area contributed by atoms with Crippen LogP contribution in [0.3, 0.4) is 0 Å². The molecule has 1 fully saturated rings. The SMILES string of the molecule is CC1CCN(c2ccc(C(F)(F)F)cc2C(=O)O)CC1C. The summed E-state index contributed by atoms with van der Waals surface area (Å²) in [7, 11) is 0. The molecular formula is C15H18F3NO2. The molecule has 21 heavy (non-hydrogen) atoms. The maximum Gasteiger partial charge on any atom is 0.416 e. The average molecular weight is 301 g/mol. The van der Waals surface area contributed by atoms with Gasteiger partial charge in [0.2, 0.25) is 0 Å². The fourth-order valence-electron chi connectivity index (χ4n) is 2.64. The highest BCUT2D eigenvalue weighted by molar-refractivity contribution is 5.94. The highest BCUT2D eigenvalue weighted by Gasteiger charge is 2.33. The first-order valence-electron chi connectivity index (χ1n) is 6.89. The Balaban J connectivity index is 2.38. The molecule has 1 aliphatic rings. The number of hydrogen-bond acceptors (Lipinski definition) is 2. The second kappa shape index (κ2) is 5.58. The van der Waals surface area contributed by atoms with Gasteiger partial charge in [-0.15, -0.1) is 0 Å². The molecule has 0 spiro atoms. The lowest BCUT2D eigenvalue weighted by atomic mass is 9.88. The van der Waals surface area contributed by atoms with E-state index in [1.54, 1.807) is 0 Å². The zero-order valence-corrected chi connectivity index (χ0v) is 11.9. The molecule has 1 saturated heterocycles. The molecule has 2 unspecified atom stereocenters. The lowest BCUT2D eigenvalue weighted by Crippen LogP contribution is -2.39. The van der Waals surface area contributed by atoms with Gasteiger partial charge in [0.25, 0.3) is 0 Å². The van der Waals surface area contributed by atoms with Crippen LogP contribution in [0.15, 0.2) is 18.2 Å². The van der Waals surface area contributed by atoms with E-state index in [-0.39, 0.29) is 5.56 Å². The molecule has 6 heteroatoms. The highest BCUT2D eigenvalue weighted by Crippen LogP contribution is 2.35. The fraction of sp³-hybridized carbons (Fsp3) is 0.533. The van der Waals surface area contributed by atoms with E-state index >= 15 is 0 Å². The standard InChI is InChI=1S/C15H18F3NO2/c1-9-5-6-19(8-10(9)2)13-4-3-11(15(16,17)18)7-12(13)14(20)21/h3-4,7,9-10H,5-6,8H2,1-2H3,(H,20,21). The van der Waals surface area contributed by atoms with Gasteiger partial charge in [0.15, 0.2) is 0 Å². The van der Waals surface area contributed by atoms with Gasteiger partial charge in [0.05, 0.1) is 16.8 Å². The molecule has 1 N–H and O–H groups in total. The van der Waals surface area contributed by atoms with E-state index < -0.39 is 17.7 Å². The summed E-state index contributed by atoms with van der Waals surface area (Å²) in [5.41, 5.74) is -0.845. The molecule has 2 atom stereocenters. The van der Waals surface area contributed by atoms with Gasteiger partial charge in [-0.2, -0.15) is 13.2 Å². The van der Waals surface area contributed by atoms with Crippen molar-refractivity contribution in [2.24, 2.45) is 11.8 Å². The molecule has 0 amide bonds. The van der Waals surface area contributed by atoms with Crippen LogP contribution in [0.4, 0.5) is 18.9 Å². The van der Waals surface area contributed by atoms with Crippen molar-refractivity contribution in [1.82, 2.24) is 0 Å². The Morgan fingerprint density at radius 3 is 2.48 bits per heavy atom. The van der Waals surface area contributed by atoms with Gasteiger partial charge in [0, 0.05) is 13.1 Å². The maximum absolute atomic E-state index is 12.7. The summed E-state index contributed by atoms with van der Waals surface area (Å²) >= 11 is 0. The summed E-state index contributed by atoms with van der Waals surface area (Å²) in [5.74, 6) is -0.422. The van der Waals surface area contributed by atoms with Crippen molar-refractivity contribution >= 4 is 11.7 Å². The lowest BCUT2D eigenvalue weighted by Gasteiger charge is -2.37. The Kier molecular flexibility index (Phi) is 4.16. The summed E-state index contributed by atoms with van der Waals surface area (Å²) in [6, 6.07) is 2.94. The van der Waals surface area contributed by atoms with Crippen LogP contribution in [0, 0.1) is 11.8 Å². The number of piperidine rings is 1. The van der Waals surface area contributed by atoms with Gasteiger partial charge in [-0.25, -0.2) is 4.79 Å². The van der Waals surface area contributed by atoms with E-state index in [0.29, 0.717) is 30.6 Å². The normalized spacial score (nSPS) is 23.2. The third kappa shape index (κ3) is 3.31. The fourth-order valence-corrected chi connectivity index (χ4v) is 2.64. The predicted octanol–water partition coefficient (Wildman–Crippen LogP) is 3.89. The first-order valence-corrected chi connectivity index (χ1v) is 6.89. The second-order valence-corrected chi connectivity index (χ2v) is 5.72. The molecule has 0 saturated carbocycles. The molecule has 116 valence electrons. The number of anilines is 1. The molecule has 2 rings (SSSR count). The summed E-state index contributed by atoms with van der Waals surface area (Å²) in [6.07, 6.45) is -3.63. The van der Waals surface area contributed by atoms with Crippen molar-refractivity contribution in [1.29, 1.82) is 0 Å². The number of benzene rings is 1. The molecule has 0 bridgehead atoms. The molecule has 3 nitrogen and oxygen atoms in total. The second-order valence-electron chi connectivity index (χ2n) is 5.72. The first kappa shape index (κ1) is 15.7. The van der Waals surface area contributed by atoms with E-state index in [1.807, 2.05) is 4.90 Å². The summed E-state index contributed by atoms with van der Waals surface area (Å²) in [6.45, 7) is 5.53. The van der Waals surface area contributed by atoms with Crippen LogP contribution in [-0.4, -0.2) is 24.2 Å². The van der Waals surface area contributed by atoms with Crippen LogP contribution in [-0.2, 0) is 6.18 Å². The number of halogens is 3. The van der Waals surface area contributed by atoms with Gasteiger partial charge in [-0.3, -0.25) is 0 Å². The van der Waals surface area contributed by atoms with Crippen LogP contribution in [0.1, 0.15) is 36.2 Å². The quantitative estimate of drug-likeness (QED) is 0.901. The predicted molar refractivity (Wildman–Crippen MR) is 73.6 cm³/mol. The van der Waals surface area contributed by atoms with Crippen molar-refractivity contribution in [3.63, 3.8) is 0 Å². The average Bonchev–Trinajstić information content (AvgIpc) is 2.40. The number of alkyl halides is 3. The minimum Gasteiger partial charge on any atom is -0.478 e. The molecule has 1 heterocycles. The van der Waals surface area contributed by atoms with E-state index in [9.17, 15) is 23.1 Å². The van der Waals surface area contributed by atoms with Gasteiger partial charge >= 0.3 is 12.1 Å². The maximum atomic E-state index is 12.7. The Morgan fingerprint density at radius 1 is 1.29 bits per heavy atom. The Hall–Kier alpha value is -1.72. The van der Waals surface area contributed by atoms with Crippen molar-refractivity contribution in [3.8, 4) is 0 Å². The topological polar surface area (TPSA) is 40.5 Å². The Bertz CT molecular complexity index is 542. The smallest absolute Gasteiger partial charge is 0.416 e. The van der Waals surface area contributed by atoms with Crippen molar-refractivity contribution in [3.05, 3.63) is 29.3 Å². The summed E-state index contributed by atoms with van der Waals surface area (Å²) < 4.78 is 38.1. The largest absolute Gasteiger partial charge is 0.478 e. The highest BCUT2D eigenvalue weighted by atomic mass is 19.4. The number of carbonyl (C=O) groups is 1. The molecule has 0 aromatic heterocycles. The zero-order valence-electron chi connectivity index (χ0n) is 11.9. The minimum absolute atomic E-state index is 0.286. The van der Waals surface area contributed by atoms with E-state index in [1.165, 1.54) is 6.07 Å². The van der Waals surface area contributed by atoms with Crippen molar-refractivity contribution < 1.29 is 23.1 Å². The summed E-state index contributed by atoms with van der Waals surface area (Å²) in [5, 5.41) is 9.21. The molecule has 0 radical (unpaired) electrons. The number of rotatable bonds is 2. The lowest BCUT2D eigenvalue weighted by molar-refractivity contribution is -0.137. The van der Waals surface area contributed by atoms with Gasteiger partial charge in [0.1, 0.15) is 0 Å². The van der Waals surface area contributed by atoms with Crippen LogP contribution in [0.5, 0.6) is 0 Å². The number of carboxylic acids is 1. The van der Waals surface area contributed by atoms with E-state index in [0.717, 1.165) is 18.6 Å². The Morgan fingerprint density at radius 2 is 1.95 bits per heavy atom. The first-order chi connectivity index (χ1) is 9.70. The monoisotopic (exact) mass is 301 g/mol. The molecule has 1 aromatic rings. The van der Waals surface area contributed by atoms with Crippen LogP contribution in [0.2, 0.25) is 0 Å². The molecule has 1 aliphatic heterocycles. The number of aromatic carboxylic acids is 1. The number of nitrogens with zero attached hydrogens (tertiary/aromatic N) is 1.